The van der Waals surface area contributed by atoms with Crippen LogP contribution in [0.25, 0.3) is 0 Å². The highest BCUT2D eigenvalue weighted by Gasteiger charge is 2.31. The molecule has 0 saturated carbocycles. The molecule has 1 aromatic rings. The number of amides is 1. The van der Waals surface area contributed by atoms with Crippen LogP contribution in [0.3, 0.4) is 0 Å². The molecule has 2 fully saturated rings. The molecule has 0 aliphatic carbocycles. The standard InChI is InChI=1S/C17H23Cl2N3O3S/c18-15-5-4-14(12-16(15)19)26(24,25)22-10-8-21(9-11-22)17(23)13-20-6-2-1-3-7-20/h4-5,12H,1-3,6-11,13H2/p+1. The summed E-state index contributed by atoms with van der Waals surface area (Å²) >= 11 is 11.8. The molecule has 1 N–H and O–H groups in total. The number of sulfonamides is 1. The van der Waals surface area contributed by atoms with E-state index in [0.29, 0.717) is 37.7 Å². The minimum atomic E-state index is -3.63. The van der Waals surface area contributed by atoms with Crippen LogP contribution in [-0.2, 0) is 14.8 Å². The summed E-state index contributed by atoms with van der Waals surface area (Å²) in [6.45, 7) is 4.06. The maximum atomic E-state index is 12.8. The predicted molar refractivity (Wildman–Crippen MR) is 101 cm³/mol. The molecule has 0 spiro atoms. The SMILES string of the molecule is O=C(C[NH+]1CCCCC1)N1CCN(S(=O)(=O)c2ccc(Cl)c(Cl)c2)CC1. The Bertz CT molecular complexity index is 759. The Morgan fingerprint density at radius 1 is 1.00 bits per heavy atom. The number of nitrogens with zero attached hydrogens (tertiary/aromatic N) is 2. The molecule has 26 heavy (non-hydrogen) atoms. The zero-order valence-corrected chi connectivity index (χ0v) is 16.9. The lowest BCUT2D eigenvalue weighted by Gasteiger charge is -2.34. The fourth-order valence-corrected chi connectivity index (χ4v) is 5.33. The van der Waals surface area contributed by atoms with Gasteiger partial charge >= 0.3 is 0 Å². The highest BCUT2D eigenvalue weighted by molar-refractivity contribution is 7.89. The number of likely N-dealkylation sites (tertiary alicyclic amines) is 1. The number of carbonyl (C=O) groups is 1. The Hall–Kier alpha value is -0.860. The topological polar surface area (TPSA) is 62.1 Å². The summed E-state index contributed by atoms with van der Waals surface area (Å²) in [6.07, 6.45) is 3.61. The van der Waals surface area contributed by atoms with Gasteiger partial charge in [0.25, 0.3) is 5.91 Å². The second kappa shape index (κ2) is 8.44. The van der Waals surface area contributed by atoms with Crippen LogP contribution in [-0.4, -0.2) is 69.3 Å². The van der Waals surface area contributed by atoms with Gasteiger partial charge in [-0.15, -0.1) is 0 Å². The van der Waals surface area contributed by atoms with Crippen molar-refractivity contribution in [2.75, 3.05) is 45.8 Å². The van der Waals surface area contributed by atoms with Crippen molar-refractivity contribution in [3.63, 3.8) is 0 Å². The van der Waals surface area contributed by atoms with Crippen LogP contribution in [0.4, 0.5) is 0 Å². The number of benzene rings is 1. The molecule has 2 heterocycles. The van der Waals surface area contributed by atoms with Crippen LogP contribution in [0.5, 0.6) is 0 Å². The van der Waals surface area contributed by atoms with Crippen molar-refractivity contribution in [1.82, 2.24) is 9.21 Å². The molecule has 0 bridgehead atoms. The molecule has 0 unspecified atom stereocenters. The van der Waals surface area contributed by atoms with Gasteiger partial charge in [0.1, 0.15) is 0 Å². The summed E-state index contributed by atoms with van der Waals surface area (Å²) in [5, 5.41) is 0.535. The molecule has 2 saturated heterocycles. The zero-order chi connectivity index (χ0) is 18.7. The van der Waals surface area contributed by atoms with Crippen molar-refractivity contribution >= 4 is 39.1 Å². The van der Waals surface area contributed by atoms with Crippen LogP contribution in [0.2, 0.25) is 10.0 Å². The third-order valence-corrected chi connectivity index (χ3v) is 7.72. The molecule has 0 aromatic heterocycles. The minimum Gasteiger partial charge on any atom is -0.335 e. The maximum absolute atomic E-state index is 12.8. The first kappa shape index (κ1) is 19.9. The van der Waals surface area contributed by atoms with Crippen molar-refractivity contribution in [2.24, 2.45) is 0 Å². The van der Waals surface area contributed by atoms with Crippen LogP contribution in [0, 0.1) is 0 Å². The monoisotopic (exact) mass is 420 g/mol. The Kier molecular flexibility index (Phi) is 6.45. The summed E-state index contributed by atoms with van der Waals surface area (Å²) in [5.74, 6) is 0.119. The van der Waals surface area contributed by atoms with Crippen LogP contribution < -0.4 is 4.90 Å². The van der Waals surface area contributed by atoms with Crippen molar-refractivity contribution < 1.29 is 18.1 Å². The van der Waals surface area contributed by atoms with E-state index in [1.807, 2.05) is 0 Å². The van der Waals surface area contributed by atoms with E-state index in [4.69, 9.17) is 23.2 Å². The number of rotatable bonds is 4. The third-order valence-electron chi connectivity index (χ3n) is 5.08. The van der Waals surface area contributed by atoms with E-state index in [2.05, 4.69) is 0 Å². The van der Waals surface area contributed by atoms with Crippen LogP contribution >= 0.6 is 23.2 Å². The van der Waals surface area contributed by atoms with E-state index in [1.54, 1.807) is 4.90 Å². The van der Waals surface area contributed by atoms with Gasteiger partial charge in [0.15, 0.2) is 6.54 Å². The molecule has 1 aromatic carbocycles. The van der Waals surface area contributed by atoms with Gasteiger partial charge < -0.3 is 9.80 Å². The highest BCUT2D eigenvalue weighted by Crippen LogP contribution is 2.27. The Balaban J connectivity index is 1.58. The van der Waals surface area contributed by atoms with Gasteiger partial charge in [-0.2, -0.15) is 4.31 Å². The molecule has 2 aliphatic heterocycles. The molecule has 1 amide bonds. The van der Waals surface area contributed by atoms with Crippen LogP contribution in [0.1, 0.15) is 19.3 Å². The maximum Gasteiger partial charge on any atom is 0.277 e. The first-order chi connectivity index (χ1) is 12.4. The largest absolute Gasteiger partial charge is 0.335 e. The van der Waals surface area contributed by atoms with Gasteiger partial charge in [0.2, 0.25) is 10.0 Å². The van der Waals surface area contributed by atoms with Crippen molar-refractivity contribution in [2.45, 2.75) is 24.2 Å². The minimum absolute atomic E-state index is 0.119. The van der Waals surface area contributed by atoms with Crippen molar-refractivity contribution in [3.8, 4) is 0 Å². The number of piperidine rings is 1. The lowest BCUT2D eigenvalue weighted by atomic mass is 10.1. The molecule has 0 atom stereocenters. The van der Waals surface area contributed by atoms with Gasteiger partial charge in [-0.1, -0.05) is 23.2 Å². The lowest BCUT2D eigenvalue weighted by molar-refractivity contribution is -0.897. The second-order valence-electron chi connectivity index (χ2n) is 6.85. The predicted octanol–water partition coefficient (Wildman–Crippen LogP) is 0.895. The fraction of sp³-hybridized carbons (Fsp3) is 0.588. The third kappa shape index (κ3) is 4.51. The van der Waals surface area contributed by atoms with E-state index < -0.39 is 10.0 Å². The normalized spacial score (nSPS) is 20.3. The number of piperazine rings is 1. The number of hydrogen-bond donors (Lipinski definition) is 1. The number of quaternary nitrogens is 1. The summed E-state index contributed by atoms with van der Waals surface area (Å²) in [4.78, 5) is 15.7. The lowest BCUT2D eigenvalue weighted by Crippen LogP contribution is -3.13. The number of hydrogen-bond acceptors (Lipinski definition) is 3. The fourth-order valence-electron chi connectivity index (χ4n) is 3.52. The van der Waals surface area contributed by atoms with Gasteiger partial charge in [-0.25, -0.2) is 8.42 Å². The Labute approximate surface area is 164 Å². The highest BCUT2D eigenvalue weighted by atomic mass is 35.5. The van der Waals surface area contributed by atoms with E-state index in [9.17, 15) is 13.2 Å². The Morgan fingerprint density at radius 2 is 1.65 bits per heavy atom. The quantitative estimate of drug-likeness (QED) is 0.786. The van der Waals surface area contributed by atoms with E-state index >= 15 is 0 Å². The van der Waals surface area contributed by atoms with E-state index in [1.165, 1.54) is 46.7 Å². The van der Waals surface area contributed by atoms with Gasteiger partial charge in [-0.05, 0) is 37.5 Å². The second-order valence-corrected chi connectivity index (χ2v) is 9.60. The summed E-state index contributed by atoms with van der Waals surface area (Å²) in [7, 11) is -3.63. The molecule has 6 nitrogen and oxygen atoms in total. The first-order valence-electron chi connectivity index (χ1n) is 8.94. The van der Waals surface area contributed by atoms with Crippen molar-refractivity contribution in [3.05, 3.63) is 28.2 Å². The molecule has 9 heteroatoms. The van der Waals surface area contributed by atoms with E-state index in [-0.39, 0.29) is 15.8 Å². The molecule has 0 radical (unpaired) electrons. The number of carbonyl (C=O) groups excluding carboxylic acids is 1. The summed E-state index contributed by atoms with van der Waals surface area (Å²) in [5.41, 5.74) is 0. The molecule has 144 valence electrons. The average molecular weight is 421 g/mol. The van der Waals surface area contributed by atoms with Gasteiger partial charge in [0.05, 0.1) is 28.0 Å². The van der Waals surface area contributed by atoms with Crippen molar-refractivity contribution in [1.29, 1.82) is 0 Å². The smallest absolute Gasteiger partial charge is 0.277 e. The average Bonchev–Trinajstić information content (AvgIpc) is 2.65. The van der Waals surface area contributed by atoms with E-state index in [0.717, 1.165) is 13.1 Å². The number of nitrogens with one attached hydrogen (secondary N) is 1. The Morgan fingerprint density at radius 3 is 2.27 bits per heavy atom. The summed E-state index contributed by atoms with van der Waals surface area (Å²) in [6, 6.07) is 4.31. The molecular formula is C17H24Cl2N3O3S+. The van der Waals surface area contributed by atoms with Gasteiger partial charge in [0, 0.05) is 26.2 Å². The van der Waals surface area contributed by atoms with Gasteiger partial charge in [-0.3, -0.25) is 4.79 Å². The zero-order valence-electron chi connectivity index (χ0n) is 14.6. The molecular weight excluding hydrogens is 397 g/mol. The molecule has 3 rings (SSSR count). The number of halogens is 2. The molecule has 2 aliphatic rings. The van der Waals surface area contributed by atoms with Crippen LogP contribution in [0.15, 0.2) is 23.1 Å². The summed E-state index contributed by atoms with van der Waals surface area (Å²) < 4.78 is 26.9. The first-order valence-corrected chi connectivity index (χ1v) is 11.1.